The van der Waals surface area contributed by atoms with Crippen LogP contribution in [0.1, 0.15) is 37.3 Å². The Morgan fingerprint density at radius 1 is 0.886 bits per heavy atom. The minimum absolute atomic E-state index is 0.0146. The highest BCUT2D eigenvalue weighted by Gasteiger charge is 2.29. The van der Waals surface area contributed by atoms with Crippen LogP contribution in [0.3, 0.4) is 0 Å². The minimum Gasteiger partial charge on any atom is -0.339 e. The second kappa shape index (κ2) is 13.9. The predicted molar refractivity (Wildman–Crippen MR) is 179 cm³/mol. The monoisotopic (exact) mass is 670 g/mol. The van der Waals surface area contributed by atoms with E-state index in [0.717, 1.165) is 45.1 Å². The maximum absolute atomic E-state index is 13.0. The SMILES string of the molecule is CC1CN(C(=O)CCCSc2nnc3c4ccccc4n(Cc4ccc(Br)cc4)c3n2)CCN1C(=O)CCc1ccccc1. The van der Waals surface area contributed by atoms with Gasteiger partial charge in [0.25, 0.3) is 0 Å². The third-order valence-electron chi connectivity index (χ3n) is 8.15. The van der Waals surface area contributed by atoms with Crippen molar-refractivity contribution in [2.75, 3.05) is 25.4 Å². The highest BCUT2D eigenvalue weighted by Crippen LogP contribution is 2.28. The summed E-state index contributed by atoms with van der Waals surface area (Å²) >= 11 is 5.05. The molecule has 1 saturated heterocycles. The third-order valence-corrected chi connectivity index (χ3v) is 9.60. The Balaban J connectivity index is 1.02. The Kier molecular flexibility index (Phi) is 9.57. The number of amides is 2. The number of halogens is 1. The number of aryl methyl sites for hydroxylation is 1. The second-order valence-electron chi connectivity index (χ2n) is 11.2. The van der Waals surface area contributed by atoms with Crippen molar-refractivity contribution in [2.45, 2.75) is 50.4 Å². The molecular formula is C34H35BrN6O2S. The van der Waals surface area contributed by atoms with E-state index in [1.165, 1.54) is 22.9 Å². The highest BCUT2D eigenvalue weighted by molar-refractivity contribution is 9.10. The summed E-state index contributed by atoms with van der Waals surface area (Å²) in [6, 6.07) is 26.6. The first-order valence-corrected chi connectivity index (χ1v) is 16.8. The molecule has 3 heterocycles. The summed E-state index contributed by atoms with van der Waals surface area (Å²) in [6.45, 7) is 4.46. The van der Waals surface area contributed by atoms with Gasteiger partial charge in [-0.2, -0.15) is 0 Å². The summed E-state index contributed by atoms with van der Waals surface area (Å²) in [7, 11) is 0. The van der Waals surface area contributed by atoms with Crippen LogP contribution in [0.25, 0.3) is 22.1 Å². The average molecular weight is 672 g/mol. The van der Waals surface area contributed by atoms with Gasteiger partial charge in [0.05, 0.1) is 5.52 Å². The van der Waals surface area contributed by atoms with Crippen molar-refractivity contribution in [3.8, 4) is 0 Å². The Bertz CT molecular complexity index is 1760. The Morgan fingerprint density at radius 2 is 1.66 bits per heavy atom. The Hall–Kier alpha value is -3.76. The molecule has 0 saturated carbocycles. The van der Waals surface area contributed by atoms with E-state index in [1.807, 2.05) is 59.2 Å². The van der Waals surface area contributed by atoms with E-state index in [-0.39, 0.29) is 17.9 Å². The Labute approximate surface area is 270 Å². The van der Waals surface area contributed by atoms with Gasteiger partial charge >= 0.3 is 0 Å². The van der Waals surface area contributed by atoms with Crippen molar-refractivity contribution >= 4 is 61.6 Å². The molecule has 3 aromatic carbocycles. The van der Waals surface area contributed by atoms with Crippen molar-refractivity contribution in [3.63, 3.8) is 0 Å². The van der Waals surface area contributed by atoms with Crippen molar-refractivity contribution in [3.05, 3.63) is 94.5 Å². The summed E-state index contributed by atoms with van der Waals surface area (Å²) in [6.07, 6.45) is 2.41. The molecule has 8 nitrogen and oxygen atoms in total. The first kappa shape index (κ1) is 30.3. The van der Waals surface area contributed by atoms with Crippen LogP contribution in [-0.2, 0) is 22.6 Å². The molecule has 1 fully saturated rings. The van der Waals surface area contributed by atoms with Gasteiger partial charge in [0, 0.05) is 60.7 Å². The summed E-state index contributed by atoms with van der Waals surface area (Å²) in [4.78, 5) is 34.6. The standard InChI is InChI=1S/C34H35BrN6O2S/c1-24-22-39(19-20-40(24)31(43)18-15-25-8-3-2-4-9-25)30(42)12-7-21-44-34-36-33-32(37-38-34)28-10-5-6-11-29(28)41(33)23-26-13-16-27(35)17-14-26/h2-6,8-11,13-14,16-17,24H,7,12,15,18-23H2,1H3. The second-order valence-corrected chi connectivity index (χ2v) is 13.2. The van der Waals surface area contributed by atoms with E-state index in [2.05, 4.69) is 67.1 Å². The molecule has 6 rings (SSSR count). The molecule has 0 bridgehead atoms. The number of para-hydroxylation sites is 1. The van der Waals surface area contributed by atoms with E-state index in [4.69, 9.17) is 4.98 Å². The zero-order chi connectivity index (χ0) is 30.5. The molecule has 0 radical (unpaired) electrons. The maximum atomic E-state index is 13.0. The predicted octanol–water partition coefficient (Wildman–Crippen LogP) is 6.35. The zero-order valence-corrected chi connectivity index (χ0v) is 27.1. The molecule has 2 aromatic heterocycles. The average Bonchev–Trinajstić information content (AvgIpc) is 3.35. The fourth-order valence-corrected chi connectivity index (χ4v) is 6.81. The lowest BCUT2D eigenvalue weighted by Crippen LogP contribution is -2.55. The Morgan fingerprint density at radius 3 is 2.45 bits per heavy atom. The van der Waals surface area contributed by atoms with E-state index in [9.17, 15) is 9.59 Å². The molecule has 0 N–H and O–H groups in total. The third kappa shape index (κ3) is 6.97. The number of nitrogens with zero attached hydrogens (tertiary/aromatic N) is 6. The molecule has 5 aromatic rings. The lowest BCUT2D eigenvalue weighted by atomic mass is 10.1. The molecule has 0 aliphatic carbocycles. The van der Waals surface area contributed by atoms with Gasteiger partial charge in [0.2, 0.25) is 17.0 Å². The number of carbonyl (C=O) groups is 2. The van der Waals surface area contributed by atoms with Crippen molar-refractivity contribution in [2.24, 2.45) is 0 Å². The van der Waals surface area contributed by atoms with E-state index in [0.29, 0.717) is 44.2 Å². The number of benzene rings is 3. The van der Waals surface area contributed by atoms with Gasteiger partial charge in [-0.25, -0.2) is 4.98 Å². The van der Waals surface area contributed by atoms with E-state index in [1.54, 1.807) is 0 Å². The number of hydrogen-bond acceptors (Lipinski definition) is 6. The van der Waals surface area contributed by atoms with Crippen LogP contribution >= 0.6 is 27.7 Å². The van der Waals surface area contributed by atoms with Crippen LogP contribution in [0, 0.1) is 0 Å². The number of hydrogen-bond donors (Lipinski definition) is 0. The van der Waals surface area contributed by atoms with Gasteiger partial charge in [-0.15, -0.1) is 10.2 Å². The lowest BCUT2D eigenvalue weighted by Gasteiger charge is -2.40. The zero-order valence-electron chi connectivity index (χ0n) is 24.7. The van der Waals surface area contributed by atoms with Gasteiger partial charge < -0.3 is 14.4 Å². The molecule has 44 heavy (non-hydrogen) atoms. The number of piperazine rings is 1. The fourth-order valence-electron chi connectivity index (χ4n) is 5.82. The fraction of sp³-hybridized carbons (Fsp3) is 0.324. The quantitative estimate of drug-likeness (QED) is 0.127. The summed E-state index contributed by atoms with van der Waals surface area (Å²) in [5.74, 6) is 1.02. The highest BCUT2D eigenvalue weighted by atomic mass is 79.9. The molecule has 1 unspecified atom stereocenters. The molecule has 0 spiro atoms. The molecular weight excluding hydrogens is 636 g/mol. The molecule has 226 valence electrons. The largest absolute Gasteiger partial charge is 0.339 e. The topological polar surface area (TPSA) is 84.2 Å². The molecule has 2 amide bonds. The number of fused-ring (bicyclic) bond motifs is 3. The van der Waals surface area contributed by atoms with Crippen LogP contribution in [-0.4, -0.2) is 72.8 Å². The van der Waals surface area contributed by atoms with Crippen LogP contribution in [0.2, 0.25) is 0 Å². The smallest absolute Gasteiger partial charge is 0.223 e. The van der Waals surface area contributed by atoms with Gasteiger partial charge in [0.1, 0.15) is 5.52 Å². The summed E-state index contributed by atoms with van der Waals surface area (Å²) in [5, 5.41) is 10.6. The first-order chi connectivity index (χ1) is 21.5. The molecule has 10 heteroatoms. The number of carbonyl (C=O) groups excluding carboxylic acids is 2. The van der Waals surface area contributed by atoms with E-state index < -0.39 is 0 Å². The van der Waals surface area contributed by atoms with Gasteiger partial charge in [-0.3, -0.25) is 9.59 Å². The van der Waals surface area contributed by atoms with Crippen LogP contribution in [0.15, 0.2) is 88.5 Å². The first-order valence-electron chi connectivity index (χ1n) is 15.1. The minimum atomic E-state index is 0.0146. The van der Waals surface area contributed by atoms with Crippen LogP contribution < -0.4 is 0 Å². The van der Waals surface area contributed by atoms with Gasteiger partial charge in [-0.1, -0.05) is 88.4 Å². The normalized spacial score (nSPS) is 15.3. The molecule has 1 aliphatic heterocycles. The summed E-state index contributed by atoms with van der Waals surface area (Å²) in [5.41, 5.74) is 5.03. The maximum Gasteiger partial charge on any atom is 0.223 e. The number of rotatable bonds is 10. The van der Waals surface area contributed by atoms with Crippen LogP contribution in [0.4, 0.5) is 0 Å². The van der Waals surface area contributed by atoms with Gasteiger partial charge in [0.15, 0.2) is 5.65 Å². The summed E-state index contributed by atoms with van der Waals surface area (Å²) < 4.78 is 3.25. The van der Waals surface area contributed by atoms with Crippen molar-refractivity contribution in [1.82, 2.24) is 29.5 Å². The van der Waals surface area contributed by atoms with Gasteiger partial charge in [-0.05, 0) is 49.1 Å². The molecule has 1 aliphatic rings. The van der Waals surface area contributed by atoms with Crippen molar-refractivity contribution in [1.29, 1.82) is 0 Å². The number of aromatic nitrogens is 4. The van der Waals surface area contributed by atoms with Crippen molar-refractivity contribution < 1.29 is 9.59 Å². The number of thioether (sulfide) groups is 1. The lowest BCUT2D eigenvalue weighted by molar-refractivity contribution is -0.142. The molecule has 1 atom stereocenters. The van der Waals surface area contributed by atoms with Crippen LogP contribution in [0.5, 0.6) is 0 Å². The van der Waals surface area contributed by atoms with E-state index >= 15 is 0 Å².